The van der Waals surface area contributed by atoms with Crippen molar-refractivity contribution in [2.24, 2.45) is 0 Å². The first kappa shape index (κ1) is 3.63. The van der Waals surface area contributed by atoms with E-state index in [1.54, 1.807) is 0 Å². The Hall–Kier alpha value is 0.310. The highest BCUT2D eigenvalue weighted by Gasteiger charge is 2.13. The Bertz CT molecular complexity index is 157. The van der Waals surface area contributed by atoms with Gasteiger partial charge in [-0.05, 0) is 19.8 Å². The fourth-order valence-electron chi connectivity index (χ4n) is 0.702. The molecule has 9 heavy (non-hydrogen) atoms. The summed E-state index contributed by atoms with van der Waals surface area (Å²) in [6, 6.07) is 0. The molecule has 0 aromatic heterocycles. The predicted octanol–water partition coefficient (Wildman–Crippen LogP) is 1.84. The topological polar surface area (TPSA) is 12.0 Å². The minimum atomic E-state index is -0.711. The van der Waals surface area contributed by atoms with E-state index in [1.165, 1.54) is 11.8 Å². The first-order valence-electron chi connectivity index (χ1n) is 5.35. The van der Waals surface area contributed by atoms with E-state index < -0.39 is 25.6 Å². The van der Waals surface area contributed by atoms with Crippen molar-refractivity contribution in [2.75, 3.05) is 12.9 Å². The highest BCUT2D eigenvalue weighted by Crippen LogP contribution is 2.28. The highest BCUT2D eigenvalue weighted by molar-refractivity contribution is 7.99. The molecular formula is C7H15NS. The van der Waals surface area contributed by atoms with Crippen LogP contribution in [0.1, 0.15) is 31.1 Å². The lowest BCUT2D eigenvalue weighted by Crippen LogP contribution is -2.07. The summed E-state index contributed by atoms with van der Waals surface area (Å²) >= 11 is 1.48. The first-order valence-corrected chi connectivity index (χ1v) is 4.09. The summed E-state index contributed by atoms with van der Waals surface area (Å²) in [4.78, 5) is 0. The molecule has 0 heterocycles. The van der Waals surface area contributed by atoms with E-state index in [0.29, 0.717) is 5.88 Å². The summed E-state index contributed by atoms with van der Waals surface area (Å²) in [6.45, 7) is 0. The van der Waals surface area contributed by atoms with Crippen LogP contribution in [0.15, 0.2) is 0 Å². The number of rotatable bonds is 3. The van der Waals surface area contributed by atoms with Crippen molar-refractivity contribution in [3.05, 3.63) is 0 Å². The van der Waals surface area contributed by atoms with Crippen molar-refractivity contribution in [1.29, 1.82) is 0 Å². The Kier molecular flexibility index (Phi) is 1.68. The molecule has 1 aliphatic rings. The molecule has 0 bridgehead atoms. The second kappa shape index (κ2) is 4.18. The normalized spacial score (nSPS) is 66.1. The summed E-state index contributed by atoms with van der Waals surface area (Å²) in [5.41, 5.74) is 0. The van der Waals surface area contributed by atoms with Crippen LogP contribution in [0.2, 0.25) is 0 Å². The maximum absolute atomic E-state index is 7.66. The SMILES string of the molecule is [2H]C1C([2H])C([2H])C(SCNC)C1[2H]. The van der Waals surface area contributed by atoms with Crippen LogP contribution in [-0.4, -0.2) is 18.2 Å². The Morgan fingerprint density at radius 2 is 2.33 bits per heavy atom. The highest BCUT2D eigenvalue weighted by atomic mass is 32.2. The summed E-state index contributed by atoms with van der Waals surface area (Å²) < 4.78 is 30.3. The van der Waals surface area contributed by atoms with E-state index in [1.807, 2.05) is 7.05 Å². The fourth-order valence-corrected chi connectivity index (χ4v) is 1.46. The van der Waals surface area contributed by atoms with Crippen LogP contribution in [-0.2, 0) is 0 Å². The molecule has 0 aromatic rings. The summed E-state index contributed by atoms with van der Waals surface area (Å²) in [5.74, 6) is 0.689. The minimum Gasteiger partial charge on any atom is -0.311 e. The smallest absolute Gasteiger partial charge is 0.0418 e. The largest absolute Gasteiger partial charge is 0.311 e. The summed E-state index contributed by atoms with van der Waals surface area (Å²) in [6.07, 6.45) is -2.58. The molecule has 1 rings (SSSR count). The van der Waals surface area contributed by atoms with Gasteiger partial charge < -0.3 is 5.32 Å². The number of nitrogens with one attached hydrogen (secondary N) is 1. The van der Waals surface area contributed by atoms with E-state index in [2.05, 4.69) is 5.32 Å². The maximum atomic E-state index is 7.66. The van der Waals surface area contributed by atoms with Crippen LogP contribution in [0.3, 0.4) is 0 Å². The zero-order valence-corrected chi connectivity index (χ0v) is 6.32. The van der Waals surface area contributed by atoms with Gasteiger partial charge >= 0.3 is 0 Å². The Morgan fingerprint density at radius 1 is 1.67 bits per heavy atom. The average Bonchev–Trinajstić information content (AvgIpc) is 2.30. The van der Waals surface area contributed by atoms with Gasteiger partial charge in [0, 0.05) is 16.6 Å². The van der Waals surface area contributed by atoms with Gasteiger partial charge in [-0.15, -0.1) is 11.8 Å². The molecule has 1 fully saturated rings. The molecule has 0 saturated heterocycles. The van der Waals surface area contributed by atoms with Crippen molar-refractivity contribution >= 4 is 11.8 Å². The zero-order chi connectivity index (χ0) is 10.0. The third kappa shape index (κ3) is 2.59. The lowest BCUT2D eigenvalue weighted by atomic mass is 10.4. The van der Waals surface area contributed by atoms with Gasteiger partial charge in [0.05, 0.1) is 0 Å². The molecule has 4 unspecified atom stereocenters. The van der Waals surface area contributed by atoms with E-state index >= 15 is 0 Å². The molecule has 2 heteroatoms. The molecule has 1 N–H and O–H groups in total. The van der Waals surface area contributed by atoms with Gasteiger partial charge in [-0.2, -0.15) is 0 Å². The third-order valence-corrected chi connectivity index (χ3v) is 2.29. The molecule has 0 spiro atoms. The van der Waals surface area contributed by atoms with Crippen LogP contribution < -0.4 is 5.32 Å². The molecule has 1 aliphatic carbocycles. The number of thioether (sulfide) groups is 1. The van der Waals surface area contributed by atoms with Gasteiger partial charge in [0.15, 0.2) is 0 Å². The van der Waals surface area contributed by atoms with Gasteiger partial charge in [-0.25, -0.2) is 0 Å². The lowest BCUT2D eigenvalue weighted by Gasteiger charge is -2.06. The van der Waals surface area contributed by atoms with Gasteiger partial charge in [-0.3, -0.25) is 0 Å². The quantitative estimate of drug-likeness (QED) is 0.614. The molecule has 0 aromatic carbocycles. The summed E-state index contributed by atoms with van der Waals surface area (Å²) in [5, 5.41) is 2.76. The van der Waals surface area contributed by atoms with E-state index in [-0.39, 0.29) is 5.25 Å². The maximum Gasteiger partial charge on any atom is 0.0418 e. The Balaban J connectivity index is 2.53. The predicted molar refractivity (Wildman–Crippen MR) is 43.8 cm³/mol. The van der Waals surface area contributed by atoms with Crippen LogP contribution >= 0.6 is 11.8 Å². The van der Waals surface area contributed by atoms with E-state index in [9.17, 15) is 0 Å². The van der Waals surface area contributed by atoms with Gasteiger partial charge in [0.1, 0.15) is 0 Å². The van der Waals surface area contributed by atoms with Gasteiger partial charge in [-0.1, -0.05) is 12.8 Å². The molecule has 54 valence electrons. The fraction of sp³-hybridized carbons (Fsp3) is 1.00. The van der Waals surface area contributed by atoms with Crippen molar-refractivity contribution in [3.8, 4) is 0 Å². The first-order chi connectivity index (χ1) is 6.09. The van der Waals surface area contributed by atoms with Crippen molar-refractivity contribution in [1.82, 2.24) is 5.32 Å². The molecule has 1 saturated carbocycles. The molecule has 0 amide bonds. The Morgan fingerprint density at radius 3 is 2.89 bits per heavy atom. The monoisotopic (exact) mass is 149 g/mol. The lowest BCUT2D eigenvalue weighted by molar-refractivity contribution is 0.886. The minimum absolute atomic E-state index is 0.183. The Labute approximate surface area is 67.2 Å². The number of hydrogen-bond acceptors (Lipinski definition) is 2. The summed E-state index contributed by atoms with van der Waals surface area (Å²) in [7, 11) is 1.82. The van der Waals surface area contributed by atoms with Crippen LogP contribution in [0.25, 0.3) is 0 Å². The molecule has 0 aliphatic heterocycles. The number of hydrogen-bond donors (Lipinski definition) is 1. The molecule has 1 nitrogen and oxygen atoms in total. The molecule has 0 radical (unpaired) electrons. The second-order valence-electron chi connectivity index (χ2n) is 1.90. The van der Waals surface area contributed by atoms with Crippen molar-refractivity contribution in [2.45, 2.75) is 30.8 Å². The second-order valence-corrected chi connectivity index (χ2v) is 3.07. The van der Waals surface area contributed by atoms with Crippen molar-refractivity contribution in [3.63, 3.8) is 0 Å². The zero-order valence-electron chi connectivity index (χ0n) is 9.50. The van der Waals surface area contributed by atoms with Gasteiger partial charge in [0.25, 0.3) is 0 Å². The average molecular weight is 149 g/mol. The molecule has 4 atom stereocenters. The van der Waals surface area contributed by atoms with Crippen LogP contribution in [0.5, 0.6) is 0 Å². The van der Waals surface area contributed by atoms with E-state index in [4.69, 9.17) is 5.48 Å². The van der Waals surface area contributed by atoms with Crippen LogP contribution in [0, 0.1) is 0 Å². The van der Waals surface area contributed by atoms with Crippen LogP contribution in [0.4, 0.5) is 0 Å². The van der Waals surface area contributed by atoms with Crippen molar-refractivity contribution < 1.29 is 5.48 Å². The van der Waals surface area contributed by atoms with E-state index in [0.717, 1.165) is 0 Å². The standard InChI is InChI=1S/C7H15NS/c1-8-6-9-7-4-2-3-5-7/h7-8H,2-6H2,1H3/i2D,3D,4D,5D. The third-order valence-electron chi connectivity index (χ3n) is 1.13. The van der Waals surface area contributed by atoms with Gasteiger partial charge in [0.2, 0.25) is 0 Å². The molecular weight excluding hydrogens is 130 g/mol.